The molecule has 0 aromatic carbocycles. The Labute approximate surface area is 135 Å². The minimum Gasteiger partial charge on any atom is -0.480 e. The van der Waals surface area contributed by atoms with Crippen LogP contribution in [0, 0.1) is 5.92 Å². The molecule has 0 saturated carbocycles. The van der Waals surface area contributed by atoms with Gasteiger partial charge in [-0.15, -0.1) is 0 Å². The lowest BCUT2D eigenvalue weighted by atomic mass is 10.0. The Morgan fingerprint density at radius 3 is 2.26 bits per heavy atom. The number of hydrogen-bond donors (Lipinski definition) is 3. The number of aliphatic hydroxyl groups excluding tert-OH is 1. The minimum atomic E-state index is -1.17. The highest BCUT2D eigenvalue weighted by atomic mass is 16.6. The summed E-state index contributed by atoms with van der Waals surface area (Å²) in [7, 11) is 0. The average molecular weight is 330 g/mol. The molecule has 1 aliphatic heterocycles. The van der Waals surface area contributed by atoms with Crippen molar-refractivity contribution in [1.82, 2.24) is 10.2 Å². The van der Waals surface area contributed by atoms with Crippen molar-refractivity contribution in [1.29, 1.82) is 0 Å². The largest absolute Gasteiger partial charge is 0.480 e. The minimum absolute atomic E-state index is 0.0155. The predicted molar refractivity (Wildman–Crippen MR) is 81.8 cm³/mol. The lowest BCUT2D eigenvalue weighted by molar-refractivity contribution is -0.149. The van der Waals surface area contributed by atoms with Crippen molar-refractivity contribution in [3.8, 4) is 0 Å². The summed E-state index contributed by atoms with van der Waals surface area (Å²) in [5.74, 6) is -1.97. The molecular weight excluding hydrogens is 304 g/mol. The van der Waals surface area contributed by atoms with Crippen LogP contribution in [-0.2, 0) is 14.3 Å². The van der Waals surface area contributed by atoms with Crippen molar-refractivity contribution < 1.29 is 29.3 Å². The van der Waals surface area contributed by atoms with Gasteiger partial charge in [-0.3, -0.25) is 4.79 Å². The van der Waals surface area contributed by atoms with Crippen LogP contribution in [0.3, 0.4) is 0 Å². The maximum Gasteiger partial charge on any atom is 0.408 e. The van der Waals surface area contributed by atoms with Crippen molar-refractivity contribution in [3.05, 3.63) is 0 Å². The highest BCUT2D eigenvalue weighted by Crippen LogP contribution is 2.21. The summed E-state index contributed by atoms with van der Waals surface area (Å²) in [5, 5.41) is 21.3. The fourth-order valence-corrected chi connectivity index (χ4v) is 2.42. The van der Waals surface area contributed by atoms with Crippen LogP contribution in [0.5, 0.6) is 0 Å². The van der Waals surface area contributed by atoms with E-state index in [1.807, 2.05) is 0 Å². The number of ether oxygens (including phenoxy) is 1. The van der Waals surface area contributed by atoms with Gasteiger partial charge in [0.1, 0.15) is 17.7 Å². The lowest BCUT2D eigenvalue weighted by Crippen LogP contribution is -2.54. The second kappa shape index (κ2) is 7.16. The summed E-state index contributed by atoms with van der Waals surface area (Å²) < 4.78 is 5.14. The lowest BCUT2D eigenvalue weighted by Gasteiger charge is -2.30. The van der Waals surface area contributed by atoms with Crippen molar-refractivity contribution in [2.45, 2.75) is 64.8 Å². The number of carboxylic acids is 1. The zero-order valence-electron chi connectivity index (χ0n) is 14.2. The number of carbonyl (C=O) groups excluding carboxylic acids is 2. The van der Waals surface area contributed by atoms with Gasteiger partial charge in [0.05, 0.1) is 6.10 Å². The molecule has 0 aromatic heterocycles. The third kappa shape index (κ3) is 5.38. The van der Waals surface area contributed by atoms with E-state index < -0.39 is 41.8 Å². The SMILES string of the molecule is CC(C)[C@H](NC(=O)OC(C)(C)C)C(=O)N1C[C@@H](O)C[C@@H]1C(=O)O. The first-order valence-corrected chi connectivity index (χ1v) is 7.63. The van der Waals surface area contributed by atoms with Crippen LogP contribution in [0.4, 0.5) is 4.79 Å². The van der Waals surface area contributed by atoms with E-state index in [2.05, 4.69) is 5.32 Å². The van der Waals surface area contributed by atoms with E-state index in [9.17, 15) is 24.6 Å². The Balaban J connectivity index is 2.86. The zero-order valence-corrected chi connectivity index (χ0v) is 14.2. The Hall–Kier alpha value is -1.83. The van der Waals surface area contributed by atoms with Crippen LogP contribution >= 0.6 is 0 Å². The van der Waals surface area contributed by atoms with Gasteiger partial charge in [-0.1, -0.05) is 13.8 Å². The molecule has 23 heavy (non-hydrogen) atoms. The number of rotatable bonds is 4. The van der Waals surface area contributed by atoms with Crippen molar-refractivity contribution >= 4 is 18.0 Å². The van der Waals surface area contributed by atoms with Crippen molar-refractivity contribution in [3.63, 3.8) is 0 Å². The monoisotopic (exact) mass is 330 g/mol. The molecule has 0 bridgehead atoms. The molecule has 1 fully saturated rings. The highest BCUT2D eigenvalue weighted by molar-refractivity contribution is 5.90. The summed E-state index contributed by atoms with van der Waals surface area (Å²) in [6.45, 7) is 8.53. The molecule has 3 atom stereocenters. The third-order valence-corrected chi connectivity index (χ3v) is 3.45. The van der Waals surface area contributed by atoms with E-state index in [0.717, 1.165) is 4.90 Å². The molecule has 1 aliphatic rings. The van der Waals surface area contributed by atoms with Crippen LogP contribution in [-0.4, -0.2) is 63.4 Å². The molecule has 1 rings (SSSR count). The van der Waals surface area contributed by atoms with Crippen molar-refractivity contribution in [2.75, 3.05) is 6.54 Å². The van der Waals surface area contributed by atoms with Gasteiger partial charge in [-0.25, -0.2) is 9.59 Å². The first kappa shape index (κ1) is 19.2. The number of amides is 2. The van der Waals surface area contributed by atoms with Gasteiger partial charge in [0.2, 0.25) is 5.91 Å². The Morgan fingerprint density at radius 1 is 1.26 bits per heavy atom. The molecule has 1 heterocycles. The molecular formula is C15H26N2O6. The van der Waals surface area contributed by atoms with E-state index in [-0.39, 0.29) is 18.9 Å². The van der Waals surface area contributed by atoms with Crippen LogP contribution in [0.15, 0.2) is 0 Å². The summed E-state index contributed by atoms with van der Waals surface area (Å²) in [4.78, 5) is 36.9. The Morgan fingerprint density at radius 2 is 1.83 bits per heavy atom. The number of hydrogen-bond acceptors (Lipinski definition) is 5. The maximum absolute atomic E-state index is 12.6. The van der Waals surface area contributed by atoms with Gasteiger partial charge in [0.25, 0.3) is 0 Å². The summed E-state index contributed by atoms with van der Waals surface area (Å²) >= 11 is 0. The second-order valence-corrected chi connectivity index (χ2v) is 7.10. The number of nitrogens with one attached hydrogen (secondary N) is 1. The average Bonchev–Trinajstić information content (AvgIpc) is 2.75. The van der Waals surface area contributed by atoms with Crippen LogP contribution in [0.1, 0.15) is 41.0 Å². The summed E-state index contributed by atoms with van der Waals surface area (Å²) in [6, 6.07) is -2.00. The molecule has 132 valence electrons. The summed E-state index contributed by atoms with van der Waals surface area (Å²) in [6.07, 6.45) is -1.64. The molecule has 0 aliphatic carbocycles. The van der Waals surface area contributed by atoms with Gasteiger partial charge >= 0.3 is 12.1 Å². The molecule has 8 heteroatoms. The van der Waals surface area contributed by atoms with E-state index >= 15 is 0 Å². The van der Waals surface area contributed by atoms with Crippen molar-refractivity contribution in [2.24, 2.45) is 5.92 Å². The number of carboxylic acid groups (broad SMARTS) is 1. The normalized spacial score (nSPS) is 22.8. The fraction of sp³-hybridized carbons (Fsp3) is 0.800. The molecule has 0 aromatic rings. The molecule has 0 spiro atoms. The molecule has 0 radical (unpaired) electrons. The topological polar surface area (TPSA) is 116 Å². The standard InChI is InChI=1S/C15H26N2O6/c1-8(2)11(16-14(22)23-15(3,4)5)12(19)17-7-9(18)6-10(17)13(20)21/h8-11,18H,6-7H2,1-5H3,(H,16,22)(H,20,21)/t9-,10+,11-/m0/s1. The van der Waals surface area contributed by atoms with Gasteiger partial charge in [-0.2, -0.15) is 0 Å². The van der Waals surface area contributed by atoms with Gasteiger partial charge in [0, 0.05) is 13.0 Å². The van der Waals surface area contributed by atoms with Gasteiger partial charge in [0.15, 0.2) is 0 Å². The molecule has 0 unspecified atom stereocenters. The van der Waals surface area contributed by atoms with E-state index in [0.29, 0.717) is 0 Å². The number of nitrogens with zero attached hydrogens (tertiary/aromatic N) is 1. The first-order chi connectivity index (χ1) is 10.4. The molecule has 8 nitrogen and oxygen atoms in total. The summed E-state index contributed by atoms with van der Waals surface area (Å²) in [5.41, 5.74) is -0.706. The fourth-order valence-electron chi connectivity index (χ4n) is 2.42. The van der Waals surface area contributed by atoms with E-state index in [4.69, 9.17) is 4.74 Å². The molecule has 1 saturated heterocycles. The highest BCUT2D eigenvalue weighted by Gasteiger charge is 2.42. The zero-order chi connectivity index (χ0) is 17.9. The smallest absolute Gasteiger partial charge is 0.408 e. The van der Waals surface area contributed by atoms with E-state index in [1.54, 1.807) is 34.6 Å². The van der Waals surface area contributed by atoms with Crippen LogP contribution < -0.4 is 5.32 Å². The number of aliphatic hydroxyl groups is 1. The van der Waals surface area contributed by atoms with Crippen LogP contribution in [0.2, 0.25) is 0 Å². The first-order valence-electron chi connectivity index (χ1n) is 7.63. The number of aliphatic carboxylic acids is 1. The quantitative estimate of drug-likeness (QED) is 0.694. The number of β-amino-alcohol motifs (C(OH)–C–C–N with tert-alkyl or cyclic N) is 1. The second-order valence-electron chi connectivity index (χ2n) is 7.10. The predicted octanol–water partition coefficient (Wildman–Crippen LogP) is 0.582. The van der Waals surface area contributed by atoms with E-state index in [1.165, 1.54) is 0 Å². The van der Waals surface area contributed by atoms with Gasteiger partial charge in [-0.05, 0) is 26.7 Å². The number of carbonyl (C=O) groups is 3. The third-order valence-electron chi connectivity index (χ3n) is 3.45. The van der Waals surface area contributed by atoms with Gasteiger partial charge < -0.3 is 25.2 Å². The molecule has 2 amide bonds. The number of likely N-dealkylation sites (tertiary alicyclic amines) is 1. The molecule has 3 N–H and O–H groups in total. The Bertz CT molecular complexity index is 471. The Kier molecular flexibility index (Phi) is 5.98. The maximum atomic E-state index is 12.6. The number of alkyl carbamates (subject to hydrolysis) is 1. The van der Waals surface area contributed by atoms with Crippen LogP contribution in [0.25, 0.3) is 0 Å².